The van der Waals surface area contributed by atoms with Gasteiger partial charge in [0.15, 0.2) is 0 Å². The fraction of sp³-hybridized carbons (Fsp3) is 0.727. The van der Waals surface area contributed by atoms with Crippen molar-refractivity contribution in [2.45, 2.75) is 41.5 Å². The summed E-state index contributed by atoms with van der Waals surface area (Å²) in [7, 11) is 0. The van der Waals surface area contributed by atoms with Gasteiger partial charge in [-0.2, -0.15) is 20.8 Å². The molecule has 0 heterocycles. The largest absolute Gasteiger partial charge is 0.369 e. The van der Waals surface area contributed by atoms with Gasteiger partial charge in [0.1, 0.15) is 0 Å². The smallest absolute Gasteiger partial charge is 0 e. The Morgan fingerprint density at radius 2 is 0.765 bits per heavy atom. The maximum absolute atomic E-state index is 3.80. The third kappa shape index (κ3) is 60.4. The van der Waals surface area contributed by atoms with E-state index >= 15 is 0 Å². The van der Waals surface area contributed by atoms with E-state index < -0.39 is 0 Å². The fourth-order valence-corrected chi connectivity index (χ4v) is 0. The monoisotopic (exact) mass is 689 g/mol. The van der Waals surface area contributed by atoms with Crippen LogP contribution in [-0.2, 0) is 196 Å². The van der Waals surface area contributed by atoms with E-state index in [4.69, 9.17) is 0 Å². The average molecular weight is 689 g/mol. The van der Waals surface area contributed by atoms with E-state index in [0.29, 0.717) is 5.92 Å². The summed E-state index contributed by atoms with van der Waals surface area (Å²) in [5, 5.41) is 0. The third-order valence-corrected chi connectivity index (χ3v) is 1.22. The van der Waals surface area contributed by atoms with Crippen molar-refractivity contribution < 1.29 is 196 Å². The summed E-state index contributed by atoms with van der Waals surface area (Å²) in [6, 6.07) is 0. The van der Waals surface area contributed by atoms with E-state index in [-0.39, 0.29) is 202 Å². The Morgan fingerprint density at radius 3 is 0.765 bits per heavy atom. The standard InChI is InChI=1S/C7H14.C4H9.6Y/c1-6(2)7(3,4)5;1-4(2)3;;;;;;/h6H,1-2H2,3-5H3;1-3H3;;;;;;/q-2;-1;;;;;;. The second-order valence-electron chi connectivity index (χ2n) is 4.56. The molecule has 0 spiro atoms. The van der Waals surface area contributed by atoms with E-state index in [2.05, 4.69) is 55.4 Å². The minimum Gasteiger partial charge on any atom is -0.369 e. The molecule has 6 heteroatoms. The van der Waals surface area contributed by atoms with E-state index in [1.807, 2.05) is 0 Å². The molecule has 0 unspecified atom stereocenters. The molecule has 0 aromatic heterocycles. The van der Waals surface area contributed by atoms with Crippen molar-refractivity contribution in [3.63, 3.8) is 0 Å². The van der Waals surface area contributed by atoms with Gasteiger partial charge in [0.2, 0.25) is 0 Å². The zero-order valence-electron chi connectivity index (χ0n) is 12.5. The SMILES string of the molecule is C[C-](C)C.[CH2-]C([CH2-])C(C)(C)C.[Y].[Y].[Y].[Y].[Y].[Y]. The van der Waals surface area contributed by atoms with Crippen LogP contribution in [0.4, 0.5) is 0 Å². The van der Waals surface area contributed by atoms with E-state index in [1.54, 1.807) is 0 Å². The zero-order chi connectivity index (χ0) is 9.65. The number of hydrogen-bond donors (Lipinski definition) is 0. The van der Waals surface area contributed by atoms with Gasteiger partial charge in [-0.1, -0.05) is 26.2 Å². The Balaban J connectivity index is -0.0000000125. The Morgan fingerprint density at radius 1 is 0.706 bits per heavy atom. The summed E-state index contributed by atoms with van der Waals surface area (Å²) in [5.41, 5.74) is 0.278. The molecule has 88 valence electrons. The van der Waals surface area contributed by atoms with E-state index in [0.717, 1.165) is 0 Å². The van der Waals surface area contributed by atoms with Crippen LogP contribution in [0.2, 0.25) is 0 Å². The molecule has 0 saturated carbocycles. The van der Waals surface area contributed by atoms with Crippen molar-refractivity contribution in [1.82, 2.24) is 0 Å². The molecule has 0 bridgehead atoms. The Kier molecular flexibility index (Phi) is 88.9. The first-order valence-corrected chi connectivity index (χ1v) is 4.11. The summed E-state index contributed by atoms with van der Waals surface area (Å²) in [4.78, 5) is 0. The van der Waals surface area contributed by atoms with Crippen molar-refractivity contribution in [1.29, 1.82) is 0 Å². The summed E-state index contributed by atoms with van der Waals surface area (Å²) in [6.45, 7) is 20.3. The molecule has 0 rings (SSSR count). The van der Waals surface area contributed by atoms with Crippen LogP contribution in [0.25, 0.3) is 0 Å². The molecule has 0 aromatic rings. The van der Waals surface area contributed by atoms with E-state index in [9.17, 15) is 0 Å². The minimum atomic E-state index is 0. The topological polar surface area (TPSA) is 0 Å². The molecular weight excluding hydrogens is 666 g/mol. The molecule has 0 N–H and O–H groups in total. The van der Waals surface area contributed by atoms with Crippen molar-refractivity contribution in [3.8, 4) is 0 Å². The predicted octanol–water partition coefficient (Wildman–Crippen LogP) is 3.92. The van der Waals surface area contributed by atoms with Gasteiger partial charge in [0, 0.05) is 196 Å². The van der Waals surface area contributed by atoms with Crippen LogP contribution in [0.15, 0.2) is 0 Å². The first kappa shape index (κ1) is 49.5. The number of rotatable bonds is 0. The van der Waals surface area contributed by atoms with Gasteiger partial charge in [-0.05, 0) is 0 Å². The van der Waals surface area contributed by atoms with Crippen LogP contribution in [0.3, 0.4) is 0 Å². The van der Waals surface area contributed by atoms with Gasteiger partial charge in [-0.15, -0.1) is 0 Å². The molecule has 0 amide bonds. The van der Waals surface area contributed by atoms with Gasteiger partial charge in [0.25, 0.3) is 0 Å². The predicted molar refractivity (Wildman–Crippen MR) is 53.9 cm³/mol. The molecule has 0 nitrogen and oxygen atoms in total. The van der Waals surface area contributed by atoms with Crippen molar-refractivity contribution in [2.24, 2.45) is 11.3 Å². The average Bonchev–Trinajstić information content (AvgIpc) is 1.59. The van der Waals surface area contributed by atoms with Crippen LogP contribution < -0.4 is 0 Å². The maximum atomic E-state index is 3.80. The molecule has 0 saturated heterocycles. The van der Waals surface area contributed by atoms with Crippen LogP contribution in [-0.4, -0.2) is 0 Å². The molecule has 0 aliphatic rings. The maximum Gasteiger partial charge on any atom is 0 e. The molecule has 0 aromatic carbocycles. The second-order valence-corrected chi connectivity index (χ2v) is 4.56. The van der Waals surface area contributed by atoms with Crippen LogP contribution in [0, 0.1) is 31.1 Å². The fourth-order valence-electron chi connectivity index (χ4n) is 0. The summed E-state index contributed by atoms with van der Waals surface area (Å²) >= 11 is 0. The summed E-state index contributed by atoms with van der Waals surface area (Å²) in [6.07, 6.45) is 0. The number of hydrogen-bond acceptors (Lipinski definition) is 0. The first-order valence-electron chi connectivity index (χ1n) is 4.11. The van der Waals surface area contributed by atoms with Gasteiger partial charge < -0.3 is 19.8 Å². The van der Waals surface area contributed by atoms with Crippen LogP contribution in [0.1, 0.15) is 41.5 Å². The third-order valence-electron chi connectivity index (χ3n) is 1.22. The molecule has 6 radical (unpaired) electrons. The Bertz CT molecular complexity index is 85.7. The van der Waals surface area contributed by atoms with Crippen LogP contribution in [0.5, 0.6) is 0 Å². The first-order chi connectivity index (χ1) is 4.68. The van der Waals surface area contributed by atoms with E-state index in [1.165, 1.54) is 5.92 Å². The molecule has 0 atom stereocenters. The Labute approximate surface area is 262 Å². The normalized spacial score (nSPS) is 7.41. The van der Waals surface area contributed by atoms with Gasteiger partial charge in [-0.3, -0.25) is 5.92 Å². The Hall–Kier alpha value is 6.62. The van der Waals surface area contributed by atoms with Crippen molar-refractivity contribution in [2.75, 3.05) is 0 Å². The quantitative estimate of drug-likeness (QED) is 0.339. The van der Waals surface area contributed by atoms with Crippen LogP contribution >= 0.6 is 0 Å². The molecule has 0 fully saturated rings. The summed E-state index contributed by atoms with van der Waals surface area (Å²) < 4.78 is 0. The van der Waals surface area contributed by atoms with Gasteiger partial charge in [0.05, 0.1) is 0 Å². The molecule has 0 aliphatic carbocycles. The summed E-state index contributed by atoms with van der Waals surface area (Å²) in [5.74, 6) is 1.72. The molecule has 0 aliphatic heterocycles. The van der Waals surface area contributed by atoms with Gasteiger partial charge >= 0.3 is 0 Å². The minimum absolute atomic E-state index is 0. The zero-order valence-corrected chi connectivity index (χ0v) is 29.5. The second kappa shape index (κ2) is 30.5. The molecule has 17 heavy (non-hydrogen) atoms. The van der Waals surface area contributed by atoms with Crippen molar-refractivity contribution in [3.05, 3.63) is 19.8 Å². The van der Waals surface area contributed by atoms with Gasteiger partial charge in [-0.25, -0.2) is 0 Å². The molecular formula is C11H23Y6-3. The van der Waals surface area contributed by atoms with Crippen molar-refractivity contribution >= 4 is 0 Å².